The number of hydrogen-bond donors (Lipinski definition) is 1. The first-order valence-corrected chi connectivity index (χ1v) is 4.52. The zero-order valence-corrected chi connectivity index (χ0v) is 8.00. The number of nitrogens with zero attached hydrogens (tertiary/aromatic N) is 3. The molecule has 2 aromatic heterocycles. The van der Waals surface area contributed by atoms with Crippen LogP contribution in [0.25, 0.3) is 0 Å². The van der Waals surface area contributed by atoms with Gasteiger partial charge in [-0.2, -0.15) is 5.10 Å². The zero-order valence-electron chi connectivity index (χ0n) is 8.00. The summed E-state index contributed by atoms with van der Waals surface area (Å²) in [7, 11) is 0. The standard InChI is InChI=1S/C10H10N4O/c15-10(8-14-6-2-5-12-14)13-9-3-1-4-11-7-9/h1-7H,8H2,(H,13,15). The van der Waals surface area contributed by atoms with Crippen LogP contribution in [-0.2, 0) is 11.3 Å². The van der Waals surface area contributed by atoms with Crippen LogP contribution in [0.4, 0.5) is 5.69 Å². The number of anilines is 1. The topological polar surface area (TPSA) is 59.8 Å². The molecule has 1 amide bonds. The van der Waals surface area contributed by atoms with Crippen molar-refractivity contribution in [2.24, 2.45) is 0 Å². The predicted octanol–water partition coefficient (Wildman–Crippen LogP) is 0.917. The first-order valence-electron chi connectivity index (χ1n) is 4.52. The van der Waals surface area contributed by atoms with Gasteiger partial charge in [-0.05, 0) is 18.2 Å². The lowest BCUT2D eigenvalue weighted by Gasteiger charge is -2.03. The minimum Gasteiger partial charge on any atom is -0.323 e. The summed E-state index contributed by atoms with van der Waals surface area (Å²) in [4.78, 5) is 15.4. The van der Waals surface area contributed by atoms with E-state index in [2.05, 4.69) is 15.4 Å². The fourth-order valence-corrected chi connectivity index (χ4v) is 1.18. The lowest BCUT2D eigenvalue weighted by molar-refractivity contribution is -0.116. The number of amides is 1. The number of pyridine rings is 1. The maximum absolute atomic E-state index is 11.5. The van der Waals surface area contributed by atoms with E-state index in [4.69, 9.17) is 0 Å². The molecule has 15 heavy (non-hydrogen) atoms. The molecule has 0 unspecified atom stereocenters. The summed E-state index contributed by atoms with van der Waals surface area (Å²) < 4.78 is 1.56. The average Bonchev–Trinajstić information content (AvgIpc) is 2.71. The highest BCUT2D eigenvalue weighted by atomic mass is 16.2. The number of carbonyl (C=O) groups is 1. The van der Waals surface area contributed by atoms with Gasteiger partial charge >= 0.3 is 0 Å². The van der Waals surface area contributed by atoms with Gasteiger partial charge in [-0.1, -0.05) is 0 Å². The first-order chi connectivity index (χ1) is 7.34. The fraction of sp³-hybridized carbons (Fsp3) is 0.100. The maximum Gasteiger partial charge on any atom is 0.246 e. The van der Waals surface area contributed by atoms with Gasteiger partial charge in [0.05, 0.1) is 11.9 Å². The second-order valence-electron chi connectivity index (χ2n) is 2.99. The third-order valence-corrected chi connectivity index (χ3v) is 1.81. The molecule has 0 spiro atoms. The average molecular weight is 202 g/mol. The van der Waals surface area contributed by atoms with E-state index >= 15 is 0 Å². The molecule has 5 nitrogen and oxygen atoms in total. The van der Waals surface area contributed by atoms with Crippen molar-refractivity contribution in [2.75, 3.05) is 5.32 Å². The zero-order chi connectivity index (χ0) is 10.5. The number of nitrogens with one attached hydrogen (secondary N) is 1. The molecule has 0 aliphatic carbocycles. The Kier molecular flexibility index (Phi) is 2.73. The summed E-state index contributed by atoms with van der Waals surface area (Å²) in [5.41, 5.74) is 0.689. The summed E-state index contributed by atoms with van der Waals surface area (Å²) in [6.45, 7) is 0.210. The maximum atomic E-state index is 11.5. The largest absolute Gasteiger partial charge is 0.323 e. The van der Waals surface area contributed by atoms with Crippen LogP contribution in [-0.4, -0.2) is 20.7 Å². The highest BCUT2D eigenvalue weighted by Crippen LogP contribution is 2.02. The van der Waals surface area contributed by atoms with Gasteiger partial charge in [-0.25, -0.2) is 0 Å². The molecule has 2 heterocycles. The van der Waals surface area contributed by atoms with E-state index in [-0.39, 0.29) is 12.5 Å². The van der Waals surface area contributed by atoms with E-state index in [1.54, 1.807) is 47.7 Å². The van der Waals surface area contributed by atoms with Gasteiger partial charge in [0.15, 0.2) is 0 Å². The van der Waals surface area contributed by atoms with Crippen LogP contribution in [0, 0.1) is 0 Å². The van der Waals surface area contributed by atoms with Gasteiger partial charge in [0.1, 0.15) is 6.54 Å². The molecule has 5 heteroatoms. The van der Waals surface area contributed by atoms with Crippen molar-refractivity contribution in [3.05, 3.63) is 43.0 Å². The SMILES string of the molecule is O=C(Cn1cccn1)Nc1cccnc1. The molecule has 76 valence electrons. The summed E-state index contributed by atoms with van der Waals surface area (Å²) in [6, 6.07) is 5.33. The van der Waals surface area contributed by atoms with Gasteiger partial charge < -0.3 is 5.32 Å². The number of carbonyl (C=O) groups excluding carboxylic acids is 1. The van der Waals surface area contributed by atoms with Crippen LogP contribution in [0.3, 0.4) is 0 Å². The minimum atomic E-state index is -0.119. The summed E-state index contributed by atoms with van der Waals surface area (Å²) in [5, 5.41) is 6.66. The second-order valence-corrected chi connectivity index (χ2v) is 2.99. The molecule has 0 bridgehead atoms. The van der Waals surface area contributed by atoms with Crippen molar-refractivity contribution < 1.29 is 4.79 Å². The number of aromatic nitrogens is 3. The Morgan fingerprint density at radius 2 is 2.33 bits per heavy atom. The molecule has 1 N–H and O–H groups in total. The molecule has 0 aromatic carbocycles. The molecule has 0 fully saturated rings. The monoisotopic (exact) mass is 202 g/mol. The molecule has 0 aliphatic heterocycles. The molecular formula is C10H10N4O. The van der Waals surface area contributed by atoms with E-state index in [0.29, 0.717) is 5.69 Å². The second kappa shape index (κ2) is 4.36. The van der Waals surface area contributed by atoms with Crippen molar-refractivity contribution in [2.45, 2.75) is 6.54 Å². The lowest BCUT2D eigenvalue weighted by Crippen LogP contribution is -2.18. The minimum absolute atomic E-state index is 0.119. The van der Waals surface area contributed by atoms with Gasteiger partial charge in [-0.15, -0.1) is 0 Å². The molecule has 0 saturated heterocycles. The molecule has 0 radical (unpaired) electrons. The Morgan fingerprint density at radius 3 is 3.00 bits per heavy atom. The van der Waals surface area contributed by atoms with Crippen LogP contribution < -0.4 is 5.32 Å². The van der Waals surface area contributed by atoms with E-state index in [1.165, 1.54) is 0 Å². The van der Waals surface area contributed by atoms with Crippen molar-refractivity contribution in [3.8, 4) is 0 Å². The van der Waals surface area contributed by atoms with Crippen LogP contribution >= 0.6 is 0 Å². The molecule has 0 atom stereocenters. The van der Waals surface area contributed by atoms with Gasteiger partial charge in [0.25, 0.3) is 0 Å². The molecule has 2 aromatic rings. The van der Waals surface area contributed by atoms with Gasteiger partial charge in [0, 0.05) is 18.6 Å². The normalized spacial score (nSPS) is 9.87. The summed E-state index contributed by atoms with van der Waals surface area (Å²) >= 11 is 0. The van der Waals surface area contributed by atoms with Crippen molar-refractivity contribution >= 4 is 11.6 Å². The molecule has 0 saturated carbocycles. The Morgan fingerprint density at radius 1 is 1.40 bits per heavy atom. The quantitative estimate of drug-likeness (QED) is 0.805. The highest BCUT2D eigenvalue weighted by molar-refractivity contribution is 5.90. The third kappa shape index (κ3) is 2.63. The molecule has 0 aliphatic rings. The van der Waals surface area contributed by atoms with Crippen LogP contribution in [0.2, 0.25) is 0 Å². The Hall–Kier alpha value is -2.17. The fourth-order valence-electron chi connectivity index (χ4n) is 1.18. The van der Waals surface area contributed by atoms with Crippen molar-refractivity contribution in [1.82, 2.24) is 14.8 Å². The Balaban J connectivity index is 1.94. The molecular weight excluding hydrogens is 192 g/mol. The number of hydrogen-bond acceptors (Lipinski definition) is 3. The summed E-state index contributed by atoms with van der Waals surface area (Å²) in [5.74, 6) is -0.119. The van der Waals surface area contributed by atoms with E-state index in [0.717, 1.165) is 0 Å². The van der Waals surface area contributed by atoms with E-state index in [9.17, 15) is 4.79 Å². The highest BCUT2D eigenvalue weighted by Gasteiger charge is 2.02. The van der Waals surface area contributed by atoms with Crippen molar-refractivity contribution in [3.63, 3.8) is 0 Å². The Bertz CT molecular complexity index is 424. The first kappa shape index (κ1) is 9.39. The van der Waals surface area contributed by atoms with E-state index < -0.39 is 0 Å². The molecule has 2 rings (SSSR count). The van der Waals surface area contributed by atoms with E-state index in [1.807, 2.05) is 0 Å². The predicted molar refractivity (Wildman–Crippen MR) is 55.1 cm³/mol. The lowest BCUT2D eigenvalue weighted by atomic mass is 10.4. The third-order valence-electron chi connectivity index (χ3n) is 1.81. The van der Waals surface area contributed by atoms with Gasteiger partial charge in [-0.3, -0.25) is 14.5 Å². The smallest absolute Gasteiger partial charge is 0.246 e. The van der Waals surface area contributed by atoms with Gasteiger partial charge in [0.2, 0.25) is 5.91 Å². The van der Waals surface area contributed by atoms with Crippen LogP contribution in [0.1, 0.15) is 0 Å². The Labute approximate surface area is 86.8 Å². The van der Waals surface area contributed by atoms with Crippen LogP contribution in [0.5, 0.6) is 0 Å². The van der Waals surface area contributed by atoms with Crippen molar-refractivity contribution in [1.29, 1.82) is 0 Å². The summed E-state index contributed by atoms with van der Waals surface area (Å²) in [6.07, 6.45) is 6.63. The van der Waals surface area contributed by atoms with Crippen LogP contribution in [0.15, 0.2) is 43.0 Å². The number of rotatable bonds is 3.